The zero-order valence-electron chi connectivity index (χ0n) is 9.08. The first-order valence-corrected chi connectivity index (χ1v) is 5.80. The van der Waals surface area contributed by atoms with Crippen molar-refractivity contribution in [3.8, 4) is 11.1 Å². The topological polar surface area (TPSA) is 43.1 Å². The molecule has 0 aliphatic rings. The molecule has 2 aromatic carbocycles. The Morgan fingerprint density at radius 1 is 1.06 bits per heavy atom. The number of amides is 1. The van der Waals surface area contributed by atoms with Crippen LogP contribution in [0.2, 0.25) is 10.0 Å². The Morgan fingerprint density at radius 2 is 1.61 bits per heavy atom. The number of rotatable bonds is 2. The largest absolute Gasteiger partial charge is 0.366 e. The summed E-state index contributed by atoms with van der Waals surface area (Å²) < 4.78 is 14.2. The quantitative estimate of drug-likeness (QED) is 0.893. The molecule has 1 amide bonds. The van der Waals surface area contributed by atoms with Crippen molar-refractivity contribution in [3.05, 3.63) is 57.8 Å². The molecule has 2 nitrogen and oxygen atoms in total. The van der Waals surface area contributed by atoms with E-state index in [9.17, 15) is 9.18 Å². The van der Waals surface area contributed by atoms with Crippen LogP contribution >= 0.6 is 23.2 Å². The minimum Gasteiger partial charge on any atom is -0.366 e. The highest BCUT2D eigenvalue weighted by Crippen LogP contribution is 2.36. The smallest absolute Gasteiger partial charge is 0.251 e. The molecule has 0 saturated carbocycles. The predicted octanol–water partition coefficient (Wildman–Crippen LogP) is 3.90. The van der Waals surface area contributed by atoms with Gasteiger partial charge >= 0.3 is 0 Å². The van der Waals surface area contributed by atoms with Crippen molar-refractivity contribution in [2.45, 2.75) is 0 Å². The van der Waals surface area contributed by atoms with E-state index in [0.29, 0.717) is 15.6 Å². The zero-order valence-corrected chi connectivity index (χ0v) is 10.6. The van der Waals surface area contributed by atoms with Gasteiger partial charge in [-0.15, -0.1) is 0 Å². The maximum absolute atomic E-state index is 14.2. The highest BCUT2D eigenvalue weighted by molar-refractivity contribution is 6.39. The average molecular weight is 284 g/mol. The van der Waals surface area contributed by atoms with Crippen molar-refractivity contribution in [1.29, 1.82) is 0 Å². The Balaban J connectivity index is 2.73. The van der Waals surface area contributed by atoms with Crippen LogP contribution in [0.3, 0.4) is 0 Å². The summed E-state index contributed by atoms with van der Waals surface area (Å²) in [5, 5.41) is 0.617. The Bertz CT molecular complexity index is 608. The van der Waals surface area contributed by atoms with Gasteiger partial charge < -0.3 is 5.73 Å². The van der Waals surface area contributed by atoms with Crippen LogP contribution in [-0.2, 0) is 0 Å². The van der Waals surface area contributed by atoms with E-state index in [4.69, 9.17) is 28.9 Å². The van der Waals surface area contributed by atoms with Gasteiger partial charge in [0, 0.05) is 21.2 Å². The van der Waals surface area contributed by atoms with Crippen molar-refractivity contribution < 1.29 is 9.18 Å². The molecule has 0 spiro atoms. The molecule has 0 radical (unpaired) electrons. The van der Waals surface area contributed by atoms with Crippen LogP contribution in [0.1, 0.15) is 10.4 Å². The Morgan fingerprint density at radius 3 is 2.17 bits per heavy atom. The molecular weight excluding hydrogens is 276 g/mol. The van der Waals surface area contributed by atoms with E-state index in [1.165, 1.54) is 18.2 Å². The van der Waals surface area contributed by atoms with Gasteiger partial charge in [0.25, 0.3) is 5.91 Å². The molecule has 0 saturated heterocycles. The summed E-state index contributed by atoms with van der Waals surface area (Å²) in [6.45, 7) is 0. The lowest BCUT2D eigenvalue weighted by atomic mass is 10.0. The average Bonchev–Trinajstić information content (AvgIpc) is 2.30. The van der Waals surface area contributed by atoms with E-state index in [1.807, 2.05) is 0 Å². The van der Waals surface area contributed by atoms with Crippen LogP contribution in [0.4, 0.5) is 4.39 Å². The number of primary amides is 1. The molecule has 0 aliphatic carbocycles. The number of halogens is 3. The predicted molar refractivity (Wildman–Crippen MR) is 70.4 cm³/mol. The van der Waals surface area contributed by atoms with Gasteiger partial charge in [0.1, 0.15) is 5.82 Å². The second-order valence-corrected chi connectivity index (χ2v) is 4.44. The fourth-order valence-corrected chi connectivity index (χ4v) is 2.27. The highest BCUT2D eigenvalue weighted by Gasteiger charge is 2.17. The van der Waals surface area contributed by atoms with Gasteiger partial charge in [0.15, 0.2) is 0 Å². The molecule has 0 unspecified atom stereocenters. The molecule has 5 heteroatoms. The van der Waals surface area contributed by atoms with Gasteiger partial charge in [-0.05, 0) is 18.2 Å². The summed E-state index contributed by atoms with van der Waals surface area (Å²) in [5.74, 6) is -1.56. The minimum absolute atomic E-state index is 0.155. The van der Waals surface area contributed by atoms with Gasteiger partial charge in [-0.3, -0.25) is 4.79 Å². The number of benzene rings is 2. The van der Waals surface area contributed by atoms with E-state index in [2.05, 4.69) is 0 Å². The first kappa shape index (κ1) is 12.9. The van der Waals surface area contributed by atoms with Gasteiger partial charge in [0.2, 0.25) is 0 Å². The van der Waals surface area contributed by atoms with Crippen LogP contribution in [0.15, 0.2) is 36.4 Å². The molecule has 0 atom stereocenters. The van der Waals surface area contributed by atoms with Crippen molar-refractivity contribution in [1.82, 2.24) is 0 Å². The number of hydrogen-bond donors (Lipinski definition) is 1. The van der Waals surface area contributed by atoms with Crippen LogP contribution in [0.25, 0.3) is 11.1 Å². The molecule has 2 aromatic rings. The zero-order chi connectivity index (χ0) is 13.3. The van der Waals surface area contributed by atoms with Crippen LogP contribution in [0.5, 0.6) is 0 Å². The summed E-state index contributed by atoms with van der Waals surface area (Å²) in [4.78, 5) is 11.1. The summed E-state index contributed by atoms with van der Waals surface area (Å²) in [6.07, 6.45) is 0. The molecule has 92 valence electrons. The lowest BCUT2D eigenvalue weighted by molar-refractivity contribution is 0.0996. The molecule has 2 N–H and O–H groups in total. The first-order valence-electron chi connectivity index (χ1n) is 5.05. The number of hydrogen-bond acceptors (Lipinski definition) is 1. The van der Waals surface area contributed by atoms with Crippen molar-refractivity contribution >= 4 is 29.1 Å². The lowest BCUT2D eigenvalue weighted by Crippen LogP contribution is -2.13. The SMILES string of the molecule is NC(=O)c1cccc(-c2c(Cl)cccc2Cl)c1F. The Kier molecular flexibility index (Phi) is 3.55. The Labute approximate surface area is 113 Å². The molecular formula is C13H8Cl2FNO. The second kappa shape index (κ2) is 4.96. The maximum Gasteiger partial charge on any atom is 0.251 e. The third-order valence-corrected chi connectivity index (χ3v) is 3.13. The normalized spacial score (nSPS) is 10.4. The molecule has 2 rings (SSSR count). The van der Waals surface area contributed by atoms with Crippen LogP contribution < -0.4 is 5.73 Å². The fraction of sp³-hybridized carbons (Fsp3) is 0. The molecule has 0 fully saturated rings. The molecule has 18 heavy (non-hydrogen) atoms. The van der Waals surface area contributed by atoms with Gasteiger partial charge in [-0.25, -0.2) is 4.39 Å². The highest BCUT2D eigenvalue weighted by atomic mass is 35.5. The van der Waals surface area contributed by atoms with Gasteiger partial charge in [-0.2, -0.15) is 0 Å². The summed E-state index contributed by atoms with van der Waals surface area (Å²) in [6, 6.07) is 9.18. The third-order valence-electron chi connectivity index (χ3n) is 2.50. The van der Waals surface area contributed by atoms with Crippen molar-refractivity contribution in [2.75, 3.05) is 0 Å². The van der Waals surface area contributed by atoms with E-state index in [0.717, 1.165) is 0 Å². The number of nitrogens with two attached hydrogens (primary N) is 1. The van der Waals surface area contributed by atoms with E-state index < -0.39 is 11.7 Å². The fourth-order valence-electron chi connectivity index (χ4n) is 1.67. The van der Waals surface area contributed by atoms with Crippen molar-refractivity contribution in [3.63, 3.8) is 0 Å². The monoisotopic (exact) mass is 283 g/mol. The standard InChI is InChI=1S/C13H8Cl2FNO/c14-9-5-2-6-10(15)11(9)7-3-1-4-8(12(7)16)13(17)18/h1-6H,(H2,17,18). The van der Waals surface area contributed by atoms with Crippen molar-refractivity contribution in [2.24, 2.45) is 5.73 Å². The number of carbonyl (C=O) groups is 1. The second-order valence-electron chi connectivity index (χ2n) is 3.63. The minimum atomic E-state index is -0.836. The summed E-state index contributed by atoms with van der Waals surface area (Å²) >= 11 is 12.0. The number of carbonyl (C=O) groups excluding carboxylic acids is 1. The molecule has 0 bridgehead atoms. The summed E-state index contributed by atoms with van der Waals surface area (Å²) in [5.41, 5.74) is 5.40. The molecule has 0 aliphatic heterocycles. The van der Waals surface area contributed by atoms with Gasteiger partial charge in [-0.1, -0.05) is 41.4 Å². The van der Waals surface area contributed by atoms with E-state index >= 15 is 0 Å². The van der Waals surface area contributed by atoms with E-state index in [-0.39, 0.29) is 11.1 Å². The van der Waals surface area contributed by atoms with Crippen LogP contribution in [0, 0.1) is 5.82 Å². The van der Waals surface area contributed by atoms with Crippen LogP contribution in [-0.4, -0.2) is 5.91 Å². The third kappa shape index (κ3) is 2.19. The molecule has 0 aromatic heterocycles. The lowest BCUT2D eigenvalue weighted by Gasteiger charge is -2.09. The van der Waals surface area contributed by atoms with Gasteiger partial charge in [0.05, 0.1) is 5.56 Å². The maximum atomic E-state index is 14.2. The molecule has 0 heterocycles. The van der Waals surface area contributed by atoms with E-state index in [1.54, 1.807) is 18.2 Å². The first-order chi connectivity index (χ1) is 8.52. The summed E-state index contributed by atoms with van der Waals surface area (Å²) in [7, 11) is 0. The Hall–Kier alpha value is -1.58.